The van der Waals surface area contributed by atoms with Crippen molar-refractivity contribution in [3.8, 4) is 0 Å². The Hall–Kier alpha value is -2.37. The standard InChI is InChI=1S/C23H32N2O3/c1-19(2)15-16-25(17-22(26)14-13-20-9-5-3-6-10-20)24-23(27)28-18-21-11-7-4-8-12-21/h3-12,19,22,26H,13-18H2,1-2H3,(H,24,27)/t22-/m1/s1. The summed E-state index contributed by atoms with van der Waals surface area (Å²) in [4.78, 5) is 12.2. The molecule has 0 aliphatic rings. The van der Waals surface area contributed by atoms with Crippen LogP contribution in [0.2, 0.25) is 0 Å². The van der Waals surface area contributed by atoms with Gasteiger partial charge in [0, 0.05) is 13.1 Å². The SMILES string of the molecule is CC(C)CCN(C[C@H](O)CCc1ccccc1)NC(=O)OCc1ccccc1. The van der Waals surface area contributed by atoms with Crippen molar-refractivity contribution in [1.29, 1.82) is 0 Å². The Morgan fingerprint density at radius 1 is 1.00 bits per heavy atom. The van der Waals surface area contributed by atoms with Crippen molar-refractivity contribution >= 4 is 6.09 Å². The Morgan fingerprint density at radius 2 is 1.61 bits per heavy atom. The fourth-order valence-corrected chi connectivity index (χ4v) is 2.81. The number of amides is 1. The first-order valence-corrected chi connectivity index (χ1v) is 9.97. The van der Waals surface area contributed by atoms with E-state index in [1.165, 1.54) is 5.56 Å². The summed E-state index contributed by atoms with van der Waals surface area (Å²) in [5.74, 6) is 0.506. The van der Waals surface area contributed by atoms with Gasteiger partial charge in [-0.15, -0.1) is 0 Å². The van der Waals surface area contributed by atoms with Gasteiger partial charge in [0.1, 0.15) is 6.61 Å². The number of hydrogen-bond donors (Lipinski definition) is 2. The second-order valence-electron chi connectivity index (χ2n) is 7.48. The Kier molecular flexibility index (Phi) is 9.52. The molecular weight excluding hydrogens is 352 g/mol. The Morgan fingerprint density at radius 3 is 2.21 bits per heavy atom. The molecular formula is C23H32N2O3. The van der Waals surface area contributed by atoms with E-state index >= 15 is 0 Å². The van der Waals surface area contributed by atoms with Crippen LogP contribution in [0, 0.1) is 5.92 Å². The summed E-state index contributed by atoms with van der Waals surface area (Å²) in [6.07, 6.45) is 1.34. The van der Waals surface area contributed by atoms with E-state index in [1.54, 1.807) is 5.01 Å². The van der Waals surface area contributed by atoms with E-state index in [9.17, 15) is 9.90 Å². The quantitative estimate of drug-likeness (QED) is 0.571. The Balaban J connectivity index is 1.80. The number of rotatable bonds is 11. The van der Waals surface area contributed by atoms with Gasteiger partial charge in [-0.2, -0.15) is 0 Å². The second-order valence-corrected chi connectivity index (χ2v) is 7.48. The van der Waals surface area contributed by atoms with Crippen LogP contribution in [0.5, 0.6) is 0 Å². The number of nitrogens with zero attached hydrogens (tertiary/aromatic N) is 1. The molecule has 0 saturated heterocycles. The average Bonchev–Trinajstić information content (AvgIpc) is 2.70. The van der Waals surface area contributed by atoms with E-state index in [4.69, 9.17) is 4.74 Å². The van der Waals surface area contributed by atoms with Gasteiger partial charge in [0.05, 0.1) is 6.10 Å². The molecule has 0 radical (unpaired) electrons. The minimum absolute atomic E-state index is 0.223. The van der Waals surface area contributed by atoms with Crippen LogP contribution < -0.4 is 5.43 Å². The Labute approximate surface area is 168 Å². The van der Waals surface area contributed by atoms with Crippen LogP contribution in [0.3, 0.4) is 0 Å². The van der Waals surface area contributed by atoms with Crippen molar-refractivity contribution in [3.05, 3.63) is 71.8 Å². The highest BCUT2D eigenvalue weighted by molar-refractivity contribution is 5.66. The number of aliphatic hydroxyl groups is 1. The number of ether oxygens (including phenoxy) is 1. The second kappa shape index (κ2) is 12.2. The summed E-state index contributed by atoms with van der Waals surface area (Å²) >= 11 is 0. The maximum atomic E-state index is 12.2. The predicted octanol–water partition coefficient (Wildman–Crippen LogP) is 4.17. The van der Waals surface area contributed by atoms with Crippen molar-refractivity contribution in [2.45, 2.75) is 45.8 Å². The number of hydrazine groups is 1. The number of carbonyl (C=O) groups is 1. The molecule has 2 N–H and O–H groups in total. The fourth-order valence-electron chi connectivity index (χ4n) is 2.81. The van der Waals surface area contributed by atoms with Crippen LogP contribution >= 0.6 is 0 Å². The first kappa shape index (κ1) is 21.9. The topological polar surface area (TPSA) is 61.8 Å². The van der Waals surface area contributed by atoms with Gasteiger partial charge < -0.3 is 9.84 Å². The third-order valence-corrected chi connectivity index (χ3v) is 4.48. The number of carbonyl (C=O) groups excluding carboxylic acids is 1. The van der Waals surface area contributed by atoms with E-state index in [2.05, 4.69) is 31.4 Å². The fraction of sp³-hybridized carbons (Fsp3) is 0.435. The highest BCUT2D eigenvalue weighted by Crippen LogP contribution is 2.08. The minimum atomic E-state index is -0.526. The molecule has 2 aromatic rings. The minimum Gasteiger partial charge on any atom is -0.444 e. The molecule has 0 saturated carbocycles. The van der Waals surface area contributed by atoms with Crippen molar-refractivity contribution in [2.75, 3.05) is 13.1 Å². The van der Waals surface area contributed by atoms with Gasteiger partial charge in [-0.25, -0.2) is 9.80 Å². The van der Waals surface area contributed by atoms with Crippen LogP contribution in [0.25, 0.3) is 0 Å². The van der Waals surface area contributed by atoms with Gasteiger partial charge in [-0.05, 0) is 36.3 Å². The zero-order valence-corrected chi connectivity index (χ0v) is 16.9. The van der Waals surface area contributed by atoms with E-state index < -0.39 is 12.2 Å². The van der Waals surface area contributed by atoms with Crippen LogP contribution in [-0.2, 0) is 17.8 Å². The molecule has 0 spiro atoms. The van der Waals surface area contributed by atoms with Crippen molar-refractivity contribution < 1.29 is 14.6 Å². The van der Waals surface area contributed by atoms with E-state index in [-0.39, 0.29) is 6.61 Å². The maximum Gasteiger partial charge on any atom is 0.422 e. The molecule has 2 rings (SSSR count). The normalized spacial score (nSPS) is 12.2. The van der Waals surface area contributed by atoms with Crippen LogP contribution in [-0.4, -0.2) is 35.4 Å². The molecule has 0 heterocycles. The van der Waals surface area contributed by atoms with Crippen molar-refractivity contribution in [2.24, 2.45) is 5.92 Å². The molecule has 0 aliphatic carbocycles. The van der Waals surface area contributed by atoms with Gasteiger partial charge in [-0.1, -0.05) is 74.5 Å². The molecule has 2 aromatic carbocycles. The molecule has 28 heavy (non-hydrogen) atoms. The smallest absolute Gasteiger partial charge is 0.422 e. The number of nitrogens with one attached hydrogen (secondary N) is 1. The van der Waals surface area contributed by atoms with Gasteiger partial charge in [0.2, 0.25) is 0 Å². The monoisotopic (exact) mass is 384 g/mol. The highest BCUT2D eigenvalue weighted by Gasteiger charge is 2.16. The molecule has 1 amide bonds. The summed E-state index contributed by atoms with van der Waals surface area (Å²) in [6.45, 7) is 5.54. The van der Waals surface area contributed by atoms with Crippen LogP contribution in [0.15, 0.2) is 60.7 Å². The first-order valence-electron chi connectivity index (χ1n) is 9.97. The van der Waals surface area contributed by atoms with E-state index in [0.717, 1.165) is 18.4 Å². The summed E-state index contributed by atoms with van der Waals surface area (Å²) < 4.78 is 5.30. The number of aryl methyl sites for hydroxylation is 1. The molecule has 5 heteroatoms. The van der Waals surface area contributed by atoms with E-state index in [0.29, 0.717) is 25.4 Å². The van der Waals surface area contributed by atoms with Gasteiger partial charge in [0.25, 0.3) is 0 Å². The molecule has 1 atom stereocenters. The van der Waals surface area contributed by atoms with E-state index in [1.807, 2.05) is 48.5 Å². The molecule has 0 aromatic heterocycles. The van der Waals surface area contributed by atoms with Gasteiger partial charge in [0.15, 0.2) is 0 Å². The average molecular weight is 385 g/mol. The molecule has 152 valence electrons. The molecule has 5 nitrogen and oxygen atoms in total. The van der Waals surface area contributed by atoms with Gasteiger partial charge in [-0.3, -0.25) is 5.43 Å². The first-order chi connectivity index (χ1) is 13.5. The Bertz CT molecular complexity index is 677. The molecule has 0 unspecified atom stereocenters. The maximum absolute atomic E-state index is 12.2. The largest absolute Gasteiger partial charge is 0.444 e. The predicted molar refractivity (Wildman–Crippen MR) is 112 cm³/mol. The molecule has 0 fully saturated rings. The summed E-state index contributed by atoms with van der Waals surface area (Å²) in [6, 6.07) is 19.7. The third-order valence-electron chi connectivity index (χ3n) is 4.48. The summed E-state index contributed by atoms with van der Waals surface area (Å²) in [5.41, 5.74) is 4.92. The zero-order valence-electron chi connectivity index (χ0n) is 16.9. The number of hydrogen-bond acceptors (Lipinski definition) is 4. The van der Waals surface area contributed by atoms with Gasteiger partial charge >= 0.3 is 6.09 Å². The van der Waals surface area contributed by atoms with Crippen LogP contribution in [0.4, 0.5) is 4.79 Å². The third kappa shape index (κ3) is 9.02. The summed E-state index contributed by atoms with van der Waals surface area (Å²) in [5, 5.41) is 12.2. The zero-order chi connectivity index (χ0) is 20.2. The van der Waals surface area contributed by atoms with Crippen molar-refractivity contribution in [3.63, 3.8) is 0 Å². The lowest BCUT2D eigenvalue weighted by atomic mass is 10.1. The van der Waals surface area contributed by atoms with Crippen molar-refractivity contribution in [1.82, 2.24) is 10.4 Å². The lowest BCUT2D eigenvalue weighted by Crippen LogP contribution is -2.47. The lowest BCUT2D eigenvalue weighted by molar-refractivity contribution is 0.0582. The summed E-state index contributed by atoms with van der Waals surface area (Å²) in [7, 11) is 0. The lowest BCUT2D eigenvalue weighted by Gasteiger charge is -2.26. The number of aliphatic hydroxyl groups excluding tert-OH is 1. The van der Waals surface area contributed by atoms with Crippen LogP contribution in [0.1, 0.15) is 37.8 Å². The molecule has 0 bridgehead atoms. The molecule has 0 aliphatic heterocycles. The number of benzene rings is 2. The highest BCUT2D eigenvalue weighted by atomic mass is 16.6.